The molecule has 0 atom stereocenters. The van der Waals surface area contributed by atoms with Gasteiger partial charge in [-0.25, -0.2) is 4.63 Å². The largest absolute Gasteiger partial charge is 0.379 e. The van der Waals surface area contributed by atoms with E-state index in [9.17, 15) is 0 Å². The molecule has 0 unspecified atom stereocenters. The van der Waals surface area contributed by atoms with Gasteiger partial charge in [-0.1, -0.05) is 50.5 Å². The van der Waals surface area contributed by atoms with Gasteiger partial charge in [-0.3, -0.25) is 0 Å². The quantitative estimate of drug-likeness (QED) is 0.792. The van der Waals surface area contributed by atoms with Gasteiger partial charge in [0.2, 0.25) is 0 Å². The average molecular weight is 245 g/mol. The highest BCUT2D eigenvalue weighted by Crippen LogP contribution is 2.22. The number of nitrogen functional groups attached to an aromatic ring is 1. The van der Waals surface area contributed by atoms with Gasteiger partial charge in [0, 0.05) is 5.56 Å². The Bertz CT molecular complexity index is 476. The first-order chi connectivity index (χ1) is 8.81. The molecule has 4 nitrogen and oxygen atoms in total. The summed E-state index contributed by atoms with van der Waals surface area (Å²) in [7, 11) is 0. The molecule has 96 valence electrons. The second kappa shape index (κ2) is 6.19. The van der Waals surface area contributed by atoms with E-state index in [4.69, 9.17) is 5.73 Å². The number of nitrogens with two attached hydrogens (primary N) is 1. The second-order valence-corrected chi connectivity index (χ2v) is 4.51. The molecule has 0 amide bonds. The molecule has 1 aromatic heterocycles. The van der Waals surface area contributed by atoms with Crippen molar-refractivity contribution in [2.45, 2.75) is 39.0 Å². The fraction of sp³-hybridized carbons (Fsp3) is 0.429. The van der Waals surface area contributed by atoms with Crippen LogP contribution < -0.4 is 5.73 Å². The SMILES string of the molecule is CCCCCCc1ccc(-c2nonc2N)cc1. The van der Waals surface area contributed by atoms with Gasteiger partial charge in [0.15, 0.2) is 11.5 Å². The summed E-state index contributed by atoms with van der Waals surface area (Å²) in [5, 5.41) is 7.37. The lowest BCUT2D eigenvalue weighted by molar-refractivity contribution is 0.310. The van der Waals surface area contributed by atoms with Crippen LogP contribution in [-0.4, -0.2) is 10.3 Å². The summed E-state index contributed by atoms with van der Waals surface area (Å²) in [6.07, 6.45) is 6.28. The highest BCUT2D eigenvalue weighted by Gasteiger charge is 2.08. The molecule has 2 aromatic rings. The topological polar surface area (TPSA) is 64.9 Å². The van der Waals surface area contributed by atoms with Crippen molar-refractivity contribution in [3.05, 3.63) is 29.8 Å². The highest BCUT2D eigenvalue weighted by molar-refractivity contribution is 5.68. The van der Waals surface area contributed by atoms with Crippen LogP contribution >= 0.6 is 0 Å². The summed E-state index contributed by atoms with van der Waals surface area (Å²) < 4.78 is 4.60. The maximum Gasteiger partial charge on any atom is 0.196 e. The third-order valence-electron chi connectivity index (χ3n) is 3.06. The minimum absolute atomic E-state index is 0.339. The Labute approximate surface area is 107 Å². The first kappa shape index (κ1) is 12.6. The first-order valence-electron chi connectivity index (χ1n) is 6.48. The molecule has 0 radical (unpaired) electrons. The predicted octanol–water partition coefficient (Wildman–Crippen LogP) is 3.44. The van der Waals surface area contributed by atoms with Crippen molar-refractivity contribution in [3.63, 3.8) is 0 Å². The number of hydrogen-bond acceptors (Lipinski definition) is 4. The number of unbranched alkanes of at least 4 members (excludes halogenated alkanes) is 3. The minimum Gasteiger partial charge on any atom is -0.379 e. The van der Waals surface area contributed by atoms with E-state index < -0.39 is 0 Å². The third-order valence-corrected chi connectivity index (χ3v) is 3.06. The Morgan fingerprint density at radius 2 is 1.83 bits per heavy atom. The van der Waals surface area contributed by atoms with Crippen LogP contribution in [0.2, 0.25) is 0 Å². The van der Waals surface area contributed by atoms with E-state index >= 15 is 0 Å². The Balaban J connectivity index is 1.96. The summed E-state index contributed by atoms with van der Waals surface area (Å²) in [5.41, 5.74) is 8.58. The third kappa shape index (κ3) is 3.09. The van der Waals surface area contributed by atoms with E-state index in [0.29, 0.717) is 11.5 Å². The van der Waals surface area contributed by atoms with Gasteiger partial charge in [-0.15, -0.1) is 0 Å². The highest BCUT2D eigenvalue weighted by atomic mass is 16.6. The molecule has 18 heavy (non-hydrogen) atoms. The van der Waals surface area contributed by atoms with E-state index in [-0.39, 0.29) is 0 Å². The smallest absolute Gasteiger partial charge is 0.196 e. The van der Waals surface area contributed by atoms with E-state index in [1.807, 2.05) is 12.1 Å². The molecule has 0 aliphatic heterocycles. The number of hydrogen-bond donors (Lipinski definition) is 1. The van der Waals surface area contributed by atoms with Gasteiger partial charge in [-0.05, 0) is 28.7 Å². The van der Waals surface area contributed by atoms with Gasteiger partial charge < -0.3 is 5.73 Å². The van der Waals surface area contributed by atoms with Crippen molar-refractivity contribution in [2.75, 3.05) is 5.73 Å². The molecule has 0 aliphatic rings. The lowest BCUT2D eigenvalue weighted by Gasteiger charge is -2.02. The van der Waals surface area contributed by atoms with Gasteiger partial charge in [0.05, 0.1) is 0 Å². The number of nitrogens with zero attached hydrogens (tertiary/aromatic N) is 2. The Morgan fingerprint density at radius 3 is 2.44 bits per heavy atom. The Hall–Kier alpha value is -1.84. The molecular formula is C14H19N3O. The van der Waals surface area contributed by atoms with E-state index in [0.717, 1.165) is 12.0 Å². The summed E-state index contributed by atoms with van der Waals surface area (Å²) >= 11 is 0. The molecule has 0 aliphatic carbocycles. The monoisotopic (exact) mass is 245 g/mol. The lowest BCUT2D eigenvalue weighted by Crippen LogP contribution is -1.90. The molecule has 2 N–H and O–H groups in total. The first-order valence-corrected chi connectivity index (χ1v) is 6.48. The van der Waals surface area contributed by atoms with E-state index in [1.165, 1.54) is 31.2 Å². The molecular weight excluding hydrogens is 226 g/mol. The fourth-order valence-electron chi connectivity index (χ4n) is 1.98. The van der Waals surface area contributed by atoms with Crippen molar-refractivity contribution < 1.29 is 4.63 Å². The summed E-state index contributed by atoms with van der Waals surface area (Å²) in [5.74, 6) is 0.339. The molecule has 0 spiro atoms. The van der Waals surface area contributed by atoms with Crippen molar-refractivity contribution in [1.29, 1.82) is 0 Å². The Kier molecular flexibility index (Phi) is 4.34. The number of benzene rings is 1. The molecule has 0 saturated carbocycles. The molecule has 0 saturated heterocycles. The number of anilines is 1. The maximum absolute atomic E-state index is 5.66. The molecule has 0 fully saturated rings. The zero-order chi connectivity index (χ0) is 12.8. The molecule has 1 heterocycles. The summed E-state index contributed by atoms with van der Waals surface area (Å²) in [6, 6.07) is 8.28. The summed E-state index contributed by atoms with van der Waals surface area (Å²) in [4.78, 5) is 0. The normalized spacial score (nSPS) is 10.7. The van der Waals surface area contributed by atoms with Crippen LogP contribution in [0.25, 0.3) is 11.3 Å². The zero-order valence-electron chi connectivity index (χ0n) is 10.7. The van der Waals surface area contributed by atoms with Crippen LogP contribution in [0.1, 0.15) is 38.2 Å². The van der Waals surface area contributed by atoms with Crippen molar-refractivity contribution in [2.24, 2.45) is 0 Å². The molecule has 4 heteroatoms. The fourth-order valence-corrected chi connectivity index (χ4v) is 1.98. The number of aromatic nitrogens is 2. The van der Waals surface area contributed by atoms with Crippen LogP contribution in [0.3, 0.4) is 0 Å². The predicted molar refractivity (Wildman–Crippen MR) is 72.0 cm³/mol. The van der Waals surface area contributed by atoms with Gasteiger partial charge in [-0.2, -0.15) is 0 Å². The molecule has 2 rings (SSSR count). The van der Waals surface area contributed by atoms with Crippen LogP contribution in [0.5, 0.6) is 0 Å². The molecule has 0 bridgehead atoms. The standard InChI is InChI=1S/C14H19N3O/c1-2-3-4-5-6-11-7-9-12(10-8-11)13-14(15)17-18-16-13/h7-10H,2-6H2,1H3,(H2,15,17). The molecule has 1 aromatic carbocycles. The van der Waals surface area contributed by atoms with Crippen LogP contribution in [0.4, 0.5) is 5.82 Å². The van der Waals surface area contributed by atoms with Crippen LogP contribution in [0, 0.1) is 0 Å². The van der Waals surface area contributed by atoms with Crippen LogP contribution in [-0.2, 0) is 6.42 Å². The number of aryl methyl sites for hydroxylation is 1. The van der Waals surface area contributed by atoms with Crippen molar-refractivity contribution in [3.8, 4) is 11.3 Å². The minimum atomic E-state index is 0.339. The maximum atomic E-state index is 5.66. The van der Waals surface area contributed by atoms with Gasteiger partial charge in [0.1, 0.15) is 0 Å². The Morgan fingerprint density at radius 1 is 1.06 bits per heavy atom. The van der Waals surface area contributed by atoms with Gasteiger partial charge in [0.25, 0.3) is 0 Å². The van der Waals surface area contributed by atoms with E-state index in [2.05, 4.69) is 34.0 Å². The summed E-state index contributed by atoms with van der Waals surface area (Å²) in [6.45, 7) is 2.23. The van der Waals surface area contributed by atoms with Crippen molar-refractivity contribution in [1.82, 2.24) is 10.3 Å². The second-order valence-electron chi connectivity index (χ2n) is 4.51. The zero-order valence-corrected chi connectivity index (χ0v) is 10.7. The number of rotatable bonds is 6. The van der Waals surface area contributed by atoms with E-state index in [1.54, 1.807) is 0 Å². The van der Waals surface area contributed by atoms with Crippen LogP contribution in [0.15, 0.2) is 28.9 Å². The average Bonchev–Trinajstić information content (AvgIpc) is 2.82. The van der Waals surface area contributed by atoms with Gasteiger partial charge >= 0.3 is 0 Å². The van der Waals surface area contributed by atoms with Crippen molar-refractivity contribution >= 4 is 5.82 Å². The lowest BCUT2D eigenvalue weighted by atomic mass is 10.0.